The molecule has 0 N–H and O–H groups in total. The zero-order chi connectivity index (χ0) is 33.3. The Morgan fingerprint density at radius 2 is 0.766 bits per heavy atom. The van der Waals surface area contributed by atoms with E-state index in [1.165, 1.54) is 44.5 Å². The molecule has 2 heterocycles. The highest BCUT2D eigenvalue weighted by molar-refractivity contribution is 5.99. The highest BCUT2D eigenvalue weighted by Gasteiger charge is 2.54. The monoisotopic (exact) mass is 626 g/mol. The fourth-order valence-electron chi connectivity index (χ4n) is 7.90. The van der Waals surface area contributed by atoms with Crippen LogP contribution in [0.5, 0.6) is 0 Å². The lowest BCUT2D eigenvalue weighted by Crippen LogP contribution is -2.41. The van der Waals surface area contributed by atoms with Crippen LogP contribution >= 0.6 is 0 Å². The molecule has 2 aliphatic rings. The molecule has 0 saturated heterocycles. The summed E-state index contributed by atoms with van der Waals surface area (Å²) >= 11 is 0. The number of benzene rings is 4. The number of hydrogen-bond acceptors (Lipinski definition) is 4. The first-order valence-corrected chi connectivity index (χ1v) is 17.3. The van der Waals surface area contributed by atoms with Crippen molar-refractivity contribution in [3.8, 4) is 0 Å². The summed E-state index contributed by atoms with van der Waals surface area (Å²) in [6, 6.07) is 34.3. The summed E-state index contributed by atoms with van der Waals surface area (Å²) in [6.07, 6.45) is 2.19. The van der Waals surface area contributed by atoms with Crippen molar-refractivity contribution in [1.82, 2.24) is 0 Å². The van der Waals surface area contributed by atoms with Crippen molar-refractivity contribution >= 4 is 11.8 Å². The summed E-state index contributed by atoms with van der Waals surface area (Å²) in [5.41, 5.74) is 7.98. The molecule has 0 bridgehead atoms. The van der Waals surface area contributed by atoms with Gasteiger partial charge in [0.2, 0.25) is 0 Å². The van der Waals surface area contributed by atoms with Gasteiger partial charge in [-0.25, -0.2) is 9.98 Å². The molecule has 0 saturated carbocycles. The average molecular weight is 627 g/mol. The van der Waals surface area contributed by atoms with Gasteiger partial charge in [-0.1, -0.05) is 125 Å². The number of hydrogen-bond donors (Lipinski definition) is 0. The Kier molecular flexibility index (Phi) is 9.16. The van der Waals surface area contributed by atoms with Gasteiger partial charge in [0.1, 0.15) is 12.1 Å². The minimum Gasteiger partial charge on any atom is -0.462 e. The third kappa shape index (κ3) is 5.92. The van der Waals surface area contributed by atoms with Crippen LogP contribution in [-0.2, 0) is 20.7 Å². The topological polar surface area (TPSA) is 43.2 Å². The molecular weight excluding hydrogens is 576 g/mol. The molecular formula is C43H50N2O2. The zero-order valence-corrected chi connectivity index (χ0v) is 29.4. The van der Waals surface area contributed by atoms with E-state index in [9.17, 15) is 0 Å². The van der Waals surface area contributed by atoms with Crippen LogP contribution in [0.15, 0.2) is 107 Å². The van der Waals surface area contributed by atoms with Crippen LogP contribution in [0.4, 0.5) is 0 Å². The van der Waals surface area contributed by atoms with Gasteiger partial charge in [-0.2, -0.15) is 0 Å². The zero-order valence-electron chi connectivity index (χ0n) is 29.4. The van der Waals surface area contributed by atoms with Gasteiger partial charge in [0.05, 0.1) is 6.42 Å². The van der Waals surface area contributed by atoms with E-state index in [4.69, 9.17) is 19.5 Å². The van der Waals surface area contributed by atoms with Gasteiger partial charge in [0.25, 0.3) is 0 Å². The minimum absolute atomic E-state index is 0.0920. The Hall–Kier alpha value is -4.18. The Morgan fingerprint density at radius 1 is 0.489 bits per heavy atom. The number of nitrogens with zero attached hydrogens (tertiary/aromatic N) is 2. The summed E-state index contributed by atoms with van der Waals surface area (Å²) < 4.78 is 14.6. The predicted octanol–water partition coefficient (Wildman–Crippen LogP) is 10.2. The summed E-state index contributed by atoms with van der Waals surface area (Å²) in [5.74, 6) is 2.25. The first-order valence-electron chi connectivity index (χ1n) is 17.3. The third-order valence-electron chi connectivity index (χ3n) is 9.97. The maximum absolute atomic E-state index is 7.29. The van der Waals surface area contributed by atoms with Crippen LogP contribution in [0.3, 0.4) is 0 Å². The van der Waals surface area contributed by atoms with E-state index < -0.39 is 11.2 Å². The predicted molar refractivity (Wildman–Crippen MR) is 194 cm³/mol. The molecule has 4 aromatic carbocycles. The molecule has 0 fully saturated rings. The molecule has 0 aromatic heterocycles. The number of rotatable bonds is 10. The smallest absolute Gasteiger partial charge is 0.194 e. The SMILES string of the molecule is Cc1ccccc1C1(c2ccccc2C)OC(CC2=N[C@H](CC(C)C)C(c3ccccc3C)(c3ccccc3C)O2)=N[C@@H]1CC(C)C. The fourth-order valence-corrected chi connectivity index (χ4v) is 7.90. The Morgan fingerprint density at radius 3 is 1.02 bits per heavy atom. The van der Waals surface area contributed by atoms with Gasteiger partial charge in [-0.3, -0.25) is 0 Å². The number of ether oxygens (including phenoxy) is 2. The van der Waals surface area contributed by atoms with Crippen LogP contribution in [0.2, 0.25) is 0 Å². The highest BCUT2D eigenvalue weighted by Crippen LogP contribution is 2.50. The van der Waals surface area contributed by atoms with Gasteiger partial charge in [0, 0.05) is 22.3 Å². The molecule has 47 heavy (non-hydrogen) atoms. The molecule has 6 rings (SSSR count). The quantitative estimate of drug-likeness (QED) is 0.176. The molecule has 2 atom stereocenters. The van der Waals surface area contributed by atoms with E-state index in [1.807, 2.05) is 0 Å². The summed E-state index contributed by atoms with van der Waals surface area (Å²) in [5, 5.41) is 0. The molecule has 0 spiro atoms. The summed E-state index contributed by atoms with van der Waals surface area (Å²) in [6.45, 7) is 17.8. The van der Waals surface area contributed by atoms with E-state index in [1.54, 1.807) is 0 Å². The van der Waals surface area contributed by atoms with E-state index in [0.29, 0.717) is 30.1 Å². The van der Waals surface area contributed by atoms with Crippen molar-refractivity contribution in [1.29, 1.82) is 0 Å². The molecule has 244 valence electrons. The van der Waals surface area contributed by atoms with Gasteiger partial charge in [-0.15, -0.1) is 0 Å². The molecule has 2 aliphatic heterocycles. The highest BCUT2D eigenvalue weighted by atomic mass is 16.5. The maximum atomic E-state index is 7.29. The van der Waals surface area contributed by atoms with Crippen LogP contribution in [0.25, 0.3) is 0 Å². The van der Waals surface area contributed by atoms with Crippen LogP contribution in [-0.4, -0.2) is 23.9 Å². The largest absolute Gasteiger partial charge is 0.462 e. The number of aliphatic imine (C=N–C) groups is 2. The van der Waals surface area contributed by atoms with E-state index in [0.717, 1.165) is 12.8 Å². The van der Waals surface area contributed by atoms with Crippen molar-refractivity contribution in [2.45, 2.75) is 97.9 Å². The summed E-state index contributed by atoms with van der Waals surface area (Å²) in [4.78, 5) is 10.9. The van der Waals surface area contributed by atoms with Crippen LogP contribution in [0, 0.1) is 39.5 Å². The first-order chi connectivity index (χ1) is 22.6. The van der Waals surface area contributed by atoms with E-state index in [2.05, 4.69) is 152 Å². The van der Waals surface area contributed by atoms with Gasteiger partial charge in [-0.05, 0) is 74.6 Å². The molecule has 0 aliphatic carbocycles. The lowest BCUT2D eigenvalue weighted by molar-refractivity contribution is 0.0789. The van der Waals surface area contributed by atoms with Crippen molar-refractivity contribution < 1.29 is 9.47 Å². The lowest BCUT2D eigenvalue weighted by Gasteiger charge is -2.38. The second kappa shape index (κ2) is 13.1. The van der Waals surface area contributed by atoms with Crippen molar-refractivity contribution in [3.05, 3.63) is 142 Å². The van der Waals surface area contributed by atoms with Crippen molar-refractivity contribution in [3.63, 3.8) is 0 Å². The minimum atomic E-state index is -0.740. The second-order valence-corrected chi connectivity index (χ2v) is 14.4. The number of aryl methyl sites for hydroxylation is 4. The first kappa shape index (κ1) is 32.7. The van der Waals surface area contributed by atoms with E-state index >= 15 is 0 Å². The Labute approximate surface area is 282 Å². The Balaban J connectivity index is 1.47. The fraction of sp³-hybridized carbons (Fsp3) is 0.395. The normalized spacial score (nSPS) is 19.8. The molecule has 0 unspecified atom stereocenters. The van der Waals surface area contributed by atoms with Crippen LogP contribution < -0.4 is 0 Å². The van der Waals surface area contributed by atoms with E-state index in [-0.39, 0.29) is 12.1 Å². The lowest BCUT2D eigenvalue weighted by atomic mass is 9.75. The second-order valence-electron chi connectivity index (χ2n) is 14.4. The average Bonchev–Trinajstić information content (AvgIpc) is 3.55. The Bertz CT molecular complexity index is 1580. The standard InChI is InChI=1S/C43H50N2O2/c1-28(2)25-38-42(34-21-13-9-17-30(34)5,35-22-14-10-18-31(35)6)46-40(44-38)27-41-45-39(26-29(3)4)43(47-41,36-23-15-11-19-32(36)7)37-24-16-12-20-33(37)8/h9-24,28-29,38-39H,25-27H2,1-8H3/t38-,39-/m1/s1. The molecule has 4 aromatic rings. The maximum Gasteiger partial charge on any atom is 0.194 e. The van der Waals surface area contributed by atoms with Gasteiger partial charge < -0.3 is 9.47 Å². The van der Waals surface area contributed by atoms with Gasteiger partial charge >= 0.3 is 0 Å². The molecule has 0 amide bonds. The molecule has 0 radical (unpaired) electrons. The molecule has 4 heteroatoms. The van der Waals surface area contributed by atoms with Crippen LogP contribution in [0.1, 0.15) is 91.5 Å². The summed E-state index contributed by atoms with van der Waals surface area (Å²) in [7, 11) is 0. The van der Waals surface area contributed by atoms with Gasteiger partial charge in [0.15, 0.2) is 23.0 Å². The third-order valence-corrected chi connectivity index (χ3v) is 9.97. The van der Waals surface area contributed by atoms with Crippen molar-refractivity contribution in [2.24, 2.45) is 21.8 Å². The molecule has 4 nitrogen and oxygen atoms in total. The van der Waals surface area contributed by atoms with Crippen molar-refractivity contribution in [2.75, 3.05) is 0 Å².